The molecule has 2 aromatic heterocycles. The Morgan fingerprint density at radius 2 is 2.12 bits per heavy atom. The first-order valence-electron chi connectivity index (χ1n) is 4.58. The smallest absolute Gasteiger partial charge is 0.260 e. The van der Waals surface area contributed by atoms with Gasteiger partial charge in [-0.3, -0.25) is 9.78 Å². The Labute approximate surface area is 105 Å². The van der Waals surface area contributed by atoms with Crippen LogP contribution in [0.1, 0.15) is 10.4 Å². The Morgan fingerprint density at radius 1 is 1.29 bits per heavy atom. The summed E-state index contributed by atoms with van der Waals surface area (Å²) in [6.45, 7) is 0. The molecule has 0 aromatic carbocycles. The highest BCUT2D eigenvalue weighted by Gasteiger charge is 2.11. The first-order valence-corrected chi connectivity index (χ1v) is 5.38. The van der Waals surface area contributed by atoms with Crippen molar-refractivity contribution in [1.29, 1.82) is 0 Å². The zero-order chi connectivity index (χ0) is 12.3. The van der Waals surface area contributed by atoms with Gasteiger partial charge < -0.3 is 10.4 Å². The van der Waals surface area contributed by atoms with Crippen molar-refractivity contribution < 1.29 is 9.90 Å². The molecular weight excluding hydrogens is 288 g/mol. The Bertz CT molecular complexity index is 544. The molecule has 0 aliphatic carbocycles. The highest BCUT2D eigenvalue weighted by atomic mass is 79.9. The van der Waals surface area contributed by atoms with Crippen molar-refractivity contribution in [3.63, 3.8) is 0 Å². The second-order valence-electron chi connectivity index (χ2n) is 3.07. The molecule has 0 unspecified atom stereocenters. The number of aromatic hydroxyl groups is 1. The molecule has 0 atom stereocenters. The number of pyridine rings is 1. The van der Waals surface area contributed by atoms with Crippen molar-refractivity contribution in [2.75, 3.05) is 5.32 Å². The molecule has 1 amide bonds. The minimum atomic E-state index is -0.471. The summed E-state index contributed by atoms with van der Waals surface area (Å²) in [7, 11) is 0. The van der Waals surface area contributed by atoms with Gasteiger partial charge in [-0.25, -0.2) is 9.97 Å². The van der Waals surface area contributed by atoms with E-state index in [2.05, 4.69) is 36.2 Å². The molecular formula is C10H7BrN4O2. The number of hydrogen-bond acceptors (Lipinski definition) is 5. The van der Waals surface area contributed by atoms with Gasteiger partial charge in [0, 0.05) is 6.20 Å². The van der Waals surface area contributed by atoms with Crippen LogP contribution >= 0.6 is 15.9 Å². The summed E-state index contributed by atoms with van der Waals surface area (Å²) < 4.78 is 0.572. The van der Waals surface area contributed by atoms with Crippen molar-refractivity contribution in [3.05, 3.63) is 41.0 Å². The molecule has 7 heteroatoms. The first-order chi connectivity index (χ1) is 8.16. The van der Waals surface area contributed by atoms with Crippen LogP contribution in [0.15, 0.2) is 35.5 Å². The van der Waals surface area contributed by atoms with Crippen LogP contribution in [0, 0.1) is 0 Å². The van der Waals surface area contributed by atoms with Crippen LogP contribution in [-0.4, -0.2) is 26.0 Å². The zero-order valence-electron chi connectivity index (χ0n) is 8.46. The van der Waals surface area contributed by atoms with Crippen LogP contribution in [0.2, 0.25) is 0 Å². The summed E-state index contributed by atoms with van der Waals surface area (Å²) in [6, 6.07) is 1.41. The van der Waals surface area contributed by atoms with Gasteiger partial charge in [0.25, 0.3) is 5.91 Å². The summed E-state index contributed by atoms with van der Waals surface area (Å²) in [6.07, 6.45) is 5.48. The third-order valence-electron chi connectivity index (χ3n) is 1.91. The van der Waals surface area contributed by atoms with E-state index in [4.69, 9.17) is 0 Å². The average molecular weight is 295 g/mol. The van der Waals surface area contributed by atoms with E-state index in [1.807, 2.05) is 0 Å². The van der Waals surface area contributed by atoms with Gasteiger partial charge in [-0.05, 0) is 22.0 Å². The number of halogens is 1. The van der Waals surface area contributed by atoms with E-state index >= 15 is 0 Å². The molecule has 2 heterocycles. The Kier molecular flexibility index (Phi) is 3.29. The van der Waals surface area contributed by atoms with Gasteiger partial charge in [0.1, 0.15) is 10.4 Å². The highest BCUT2D eigenvalue weighted by Crippen LogP contribution is 2.15. The molecule has 0 fully saturated rings. The van der Waals surface area contributed by atoms with Crippen LogP contribution in [0.25, 0.3) is 0 Å². The topological polar surface area (TPSA) is 88.0 Å². The number of anilines is 1. The number of hydrogen-bond donors (Lipinski definition) is 2. The minimum absolute atomic E-state index is 0.129. The van der Waals surface area contributed by atoms with E-state index < -0.39 is 5.91 Å². The Hall–Kier alpha value is -2.02. The lowest BCUT2D eigenvalue weighted by Crippen LogP contribution is -2.13. The van der Waals surface area contributed by atoms with Crippen molar-refractivity contribution >= 4 is 27.7 Å². The maximum Gasteiger partial charge on any atom is 0.260 e. The molecule has 0 saturated carbocycles. The van der Waals surface area contributed by atoms with Gasteiger partial charge in [0.05, 0.1) is 24.2 Å². The molecule has 6 nitrogen and oxygen atoms in total. The number of nitrogens with one attached hydrogen (secondary N) is 1. The Morgan fingerprint density at radius 3 is 2.76 bits per heavy atom. The van der Waals surface area contributed by atoms with Gasteiger partial charge in [-0.15, -0.1) is 0 Å². The third kappa shape index (κ3) is 2.76. The maximum absolute atomic E-state index is 11.7. The number of rotatable bonds is 2. The lowest BCUT2D eigenvalue weighted by atomic mass is 10.2. The molecule has 0 saturated heterocycles. The fraction of sp³-hybridized carbons (Fsp3) is 0. The number of carbonyl (C=O) groups excluding carboxylic acids is 1. The summed E-state index contributed by atoms with van der Waals surface area (Å²) in [5, 5.41) is 11.9. The summed E-state index contributed by atoms with van der Waals surface area (Å²) in [5.41, 5.74) is 0.129. The normalized spacial score (nSPS) is 9.94. The van der Waals surface area contributed by atoms with Gasteiger partial charge >= 0.3 is 0 Å². The van der Waals surface area contributed by atoms with Gasteiger partial charge in [-0.1, -0.05) is 0 Å². The minimum Gasteiger partial charge on any atom is -0.505 e. The second kappa shape index (κ2) is 4.88. The molecule has 0 aliphatic heterocycles. The molecule has 0 aliphatic rings. The molecule has 86 valence electrons. The molecule has 0 bridgehead atoms. The first kappa shape index (κ1) is 11.5. The van der Waals surface area contributed by atoms with E-state index in [0.717, 1.165) is 0 Å². The lowest BCUT2D eigenvalue weighted by Gasteiger charge is -2.04. The number of amides is 1. The highest BCUT2D eigenvalue weighted by molar-refractivity contribution is 9.10. The molecule has 0 spiro atoms. The standard InChI is InChI=1S/C10H7BrN4O2/c11-8-4-14-9(5-13-8)15-10(17)6-1-2-12-3-7(6)16/h1-5,16H,(H,14,15,17). The molecule has 2 aromatic rings. The summed E-state index contributed by atoms with van der Waals surface area (Å²) in [4.78, 5) is 23.3. The molecule has 2 N–H and O–H groups in total. The van der Waals surface area contributed by atoms with E-state index in [1.165, 1.54) is 30.9 Å². The fourth-order valence-electron chi connectivity index (χ4n) is 1.14. The lowest BCUT2D eigenvalue weighted by molar-refractivity contribution is 0.102. The van der Waals surface area contributed by atoms with Crippen molar-refractivity contribution in [2.24, 2.45) is 0 Å². The molecule has 0 radical (unpaired) electrons. The summed E-state index contributed by atoms with van der Waals surface area (Å²) >= 11 is 3.13. The SMILES string of the molecule is O=C(Nc1cnc(Br)cn1)c1ccncc1O. The van der Waals surface area contributed by atoms with Crippen molar-refractivity contribution in [1.82, 2.24) is 15.0 Å². The Balaban J connectivity index is 2.17. The zero-order valence-corrected chi connectivity index (χ0v) is 10.0. The van der Waals surface area contributed by atoms with Crippen LogP contribution in [0.3, 0.4) is 0 Å². The van der Waals surface area contributed by atoms with Crippen LogP contribution < -0.4 is 5.32 Å². The number of nitrogens with zero attached hydrogens (tertiary/aromatic N) is 3. The predicted molar refractivity (Wildman–Crippen MR) is 63.6 cm³/mol. The average Bonchev–Trinajstić information content (AvgIpc) is 2.32. The summed E-state index contributed by atoms with van der Waals surface area (Å²) in [5.74, 6) is -0.356. The van der Waals surface area contributed by atoms with Gasteiger partial charge in [-0.2, -0.15) is 0 Å². The van der Waals surface area contributed by atoms with Gasteiger partial charge in [0.15, 0.2) is 5.82 Å². The largest absolute Gasteiger partial charge is 0.505 e. The van der Waals surface area contributed by atoms with Crippen LogP contribution in [0.4, 0.5) is 5.82 Å². The van der Waals surface area contributed by atoms with E-state index in [1.54, 1.807) is 0 Å². The van der Waals surface area contributed by atoms with E-state index in [-0.39, 0.29) is 11.3 Å². The van der Waals surface area contributed by atoms with Crippen molar-refractivity contribution in [2.45, 2.75) is 0 Å². The van der Waals surface area contributed by atoms with Crippen molar-refractivity contribution in [3.8, 4) is 5.75 Å². The van der Waals surface area contributed by atoms with Gasteiger partial charge in [0.2, 0.25) is 0 Å². The quantitative estimate of drug-likeness (QED) is 0.878. The maximum atomic E-state index is 11.7. The molecule has 2 rings (SSSR count). The van der Waals surface area contributed by atoms with E-state index in [9.17, 15) is 9.90 Å². The second-order valence-corrected chi connectivity index (χ2v) is 3.88. The number of aromatic nitrogens is 3. The third-order valence-corrected chi connectivity index (χ3v) is 2.32. The monoisotopic (exact) mass is 294 g/mol. The predicted octanol–water partition coefficient (Wildman–Crippen LogP) is 1.59. The van der Waals surface area contributed by atoms with Crippen LogP contribution in [0.5, 0.6) is 5.75 Å². The fourth-order valence-corrected chi connectivity index (χ4v) is 1.34. The molecule has 17 heavy (non-hydrogen) atoms. The van der Waals surface area contributed by atoms with E-state index in [0.29, 0.717) is 10.4 Å². The van der Waals surface area contributed by atoms with Crippen LogP contribution in [-0.2, 0) is 0 Å². The number of carbonyl (C=O) groups is 1.